The molecule has 3 heteroatoms. The zero-order chi connectivity index (χ0) is 9.42. The molecule has 1 heterocycles. The molecular formula is C10H10O3. The third-order valence-corrected chi connectivity index (χ3v) is 2.25. The average molecular weight is 178 g/mol. The van der Waals surface area contributed by atoms with Crippen LogP contribution in [0.1, 0.15) is 28.8 Å². The quantitative estimate of drug-likeness (QED) is 0.614. The summed E-state index contributed by atoms with van der Waals surface area (Å²) in [7, 11) is 0. The van der Waals surface area contributed by atoms with Crippen molar-refractivity contribution in [1.29, 1.82) is 0 Å². The highest BCUT2D eigenvalue weighted by Crippen LogP contribution is 2.28. The number of carbonyl (C=O) groups is 1. The van der Waals surface area contributed by atoms with Crippen molar-refractivity contribution in [2.24, 2.45) is 0 Å². The number of hydrogen-bond acceptors (Lipinski definition) is 3. The molecule has 1 atom stereocenters. The number of carbonyl (C=O) groups excluding carboxylic acids is 1. The highest BCUT2D eigenvalue weighted by molar-refractivity contribution is 5.92. The van der Waals surface area contributed by atoms with Gasteiger partial charge in [-0.3, -0.25) is 0 Å². The molecule has 0 amide bonds. The Hall–Kier alpha value is -1.51. The summed E-state index contributed by atoms with van der Waals surface area (Å²) in [6.45, 7) is 2.42. The Bertz CT molecular complexity index is 357. The maximum atomic E-state index is 11.2. The first-order valence-electron chi connectivity index (χ1n) is 4.18. The maximum absolute atomic E-state index is 11.2. The summed E-state index contributed by atoms with van der Waals surface area (Å²) in [6, 6.07) is 4.82. The summed E-state index contributed by atoms with van der Waals surface area (Å²) in [5.74, 6) is -0.0258. The van der Waals surface area contributed by atoms with Crippen LogP contribution < -0.4 is 0 Å². The number of ether oxygens (including phenoxy) is 1. The van der Waals surface area contributed by atoms with E-state index in [2.05, 4.69) is 0 Å². The molecule has 3 nitrogen and oxygen atoms in total. The average Bonchev–Trinajstić information content (AvgIpc) is 2.12. The number of hydrogen-bond donors (Lipinski definition) is 1. The fourth-order valence-corrected chi connectivity index (χ4v) is 1.52. The molecule has 1 aliphatic heterocycles. The van der Waals surface area contributed by atoms with Crippen LogP contribution in [0.2, 0.25) is 0 Å². The van der Waals surface area contributed by atoms with E-state index in [9.17, 15) is 9.90 Å². The molecule has 13 heavy (non-hydrogen) atoms. The Labute approximate surface area is 76.0 Å². The van der Waals surface area contributed by atoms with Crippen LogP contribution in [0.4, 0.5) is 0 Å². The van der Waals surface area contributed by atoms with Gasteiger partial charge in [0.25, 0.3) is 0 Å². The Morgan fingerprint density at radius 2 is 2.31 bits per heavy atom. The van der Waals surface area contributed by atoms with E-state index in [1.807, 2.05) is 6.92 Å². The molecule has 0 radical (unpaired) electrons. The fraction of sp³-hybridized carbons (Fsp3) is 0.300. The molecule has 0 saturated heterocycles. The Balaban J connectivity index is 2.57. The van der Waals surface area contributed by atoms with Crippen LogP contribution in [0, 0.1) is 0 Å². The van der Waals surface area contributed by atoms with Crippen LogP contribution in [0.15, 0.2) is 18.2 Å². The van der Waals surface area contributed by atoms with Crippen molar-refractivity contribution in [1.82, 2.24) is 0 Å². The van der Waals surface area contributed by atoms with Crippen molar-refractivity contribution >= 4 is 5.97 Å². The molecule has 2 rings (SSSR count). The number of aromatic hydroxyl groups is 1. The number of benzene rings is 1. The van der Waals surface area contributed by atoms with Crippen molar-refractivity contribution in [2.45, 2.75) is 12.8 Å². The summed E-state index contributed by atoms with van der Waals surface area (Å²) in [5, 5.41) is 9.18. The minimum Gasteiger partial charge on any atom is -0.508 e. The highest BCUT2D eigenvalue weighted by Gasteiger charge is 2.23. The van der Waals surface area contributed by atoms with Crippen LogP contribution in [0.5, 0.6) is 5.75 Å². The molecule has 0 fully saturated rings. The number of esters is 1. The van der Waals surface area contributed by atoms with Gasteiger partial charge in [0.2, 0.25) is 0 Å². The van der Waals surface area contributed by atoms with E-state index < -0.39 is 0 Å². The van der Waals surface area contributed by atoms with E-state index in [0.717, 1.165) is 5.56 Å². The van der Waals surface area contributed by atoms with Gasteiger partial charge in [0, 0.05) is 5.92 Å². The first-order chi connectivity index (χ1) is 6.18. The van der Waals surface area contributed by atoms with Crippen LogP contribution >= 0.6 is 0 Å². The molecule has 0 aliphatic carbocycles. The Morgan fingerprint density at radius 1 is 1.54 bits per heavy atom. The van der Waals surface area contributed by atoms with Gasteiger partial charge in [-0.15, -0.1) is 0 Å². The lowest BCUT2D eigenvalue weighted by Gasteiger charge is -2.21. The van der Waals surface area contributed by atoms with Crippen LogP contribution in [0.3, 0.4) is 0 Å². The number of cyclic esters (lactones) is 1. The normalized spacial score (nSPS) is 20.7. The van der Waals surface area contributed by atoms with E-state index in [-0.39, 0.29) is 17.6 Å². The molecule has 0 unspecified atom stereocenters. The smallest absolute Gasteiger partial charge is 0.338 e. The van der Waals surface area contributed by atoms with E-state index in [4.69, 9.17) is 4.74 Å². The molecule has 68 valence electrons. The second-order valence-corrected chi connectivity index (χ2v) is 3.27. The van der Waals surface area contributed by atoms with Crippen molar-refractivity contribution in [2.75, 3.05) is 6.61 Å². The van der Waals surface area contributed by atoms with Crippen LogP contribution in [-0.2, 0) is 4.74 Å². The van der Waals surface area contributed by atoms with Gasteiger partial charge < -0.3 is 9.84 Å². The van der Waals surface area contributed by atoms with Crippen molar-refractivity contribution in [3.63, 3.8) is 0 Å². The second kappa shape index (κ2) is 2.76. The Kier molecular flexibility index (Phi) is 1.72. The molecule has 1 aromatic carbocycles. The van der Waals surface area contributed by atoms with Gasteiger partial charge in [-0.2, -0.15) is 0 Å². The highest BCUT2D eigenvalue weighted by atomic mass is 16.5. The number of phenols is 1. The third-order valence-electron chi connectivity index (χ3n) is 2.25. The first-order valence-corrected chi connectivity index (χ1v) is 4.18. The third kappa shape index (κ3) is 1.26. The second-order valence-electron chi connectivity index (χ2n) is 3.27. The van der Waals surface area contributed by atoms with Gasteiger partial charge >= 0.3 is 5.97 Å². The van der Waals surface area contributed by atoms with Gasteiger partial charge in [0.15, 0.2) is 0 Å². The molecule has 1 aliphatic rings. The lowest BCUT2D eigenvalue weighted by Crippen LogP contribution is -2.20. The van der Waals surface area contributed by atoms with Gasteiger partial charge in [-0.05, 0) is 17.7 Å². The molecule has 0 saturated carbocycles. The van der Waals surface area contributed by atoms with E-state index in [1.165, 1.54) is 6.07 Å². The van der Waals surface area contributed by atoms with Crippen molar-refractivity contribution in [3.05, 3.63) is 29.3 Å². The van der Waals surface area contributed by atoms with E-state index in [1.54, 1.807) is 12.1 Å². The van der Waals surface area contributed by atoms with Gasteiger partial charge in [-0.25, -0.2) is 4.79 Å². The predicted octanol–water partition coefficient (Wildman–Crippen LogP) is 1.67. The zero-order valence-electron chi connectivity index (χ0n) is 7.28. The molecule has 0 aromatic heterocycles. The molecule has 0 spiro atoms. The molecule has 0 bridgehead atoms. The van der Waals surface area contributed by atoms with Gasteiger partial charge in [0.1, 0.15) is 5.75 Å². The summed E-state index contributed by atoms with van der Waals surface area (Å²) in [6.07, 6.45) is 0. The minimum atomic E-state index is -0.344. The van der Waals surface area contributed by atoms with Gasteiger partial charge in [0.05, 0.1) is 12.2 Å². The number of phenolic OH excluding ortho intramolecular Hbond substituents is 1. The summed E-state index contributed by atoms with van der Waals surface area (Å²) < 4.78 is 4.92. The number of fused-ring (bicyclic) bond motifs is 1. The molecule has 1 N–H and O–H groups in total. The van der Waals surface area contributed by atoms with Crippen molar-refractivity contribution in [3.8, 4) is 5.75 Å². The number of rotatable bonds is 0. The summed E-state index contributed by atoms with van der Waals surface area (Å²) in [5.41, 5.74) is 1.44. The molecular weight excluding hydrogens is 168 g/mol. The predicted molar refractivity (Wildman–Crippen MR) is 46.8 cm³/mol. The SMILES string of the molecule is C[C@@H]1COC(=O)c2cc(O)ccc21. The first kappa shape index (κ1) is 8.10. The summed E-state index contributed by atoms with van der Waals surface area (Å²) in [4.78, 5) is 11.2. The van der Waals surface area contributed by atoms with Crippen LogP contribution in [0.25, 0.3) is 0 Å². The fourth-order valence-electron chi connectivity index (χ4n) is 1.52. The lowest BCUT2D eigenvalue weighted by atomic mass is 9.94. The summed E-state index contributed by atoms with van der Waals surface area (Å²) >= 11 is 0. The zero-order valence-corrected chi connectivity index (χ0v) is 7.28. The van der Waals surface area contributed by atoms with Gasteiger partial charge in [-0.1, -0.05) is 13.0 Å². The Morgan fingerprint density at radius 3 is 3.08 bits per heavy atom. The molecule has 1 aromatic rings. The van der Waals surface area contributed by atoms with Crippen molar-refractivity contribution < 1.29 is 14.6 Å². The minimum absolute atomic E-state index is 0.102. The maximum Gasteiger partial charge on any atom is 0.338 e. The van der Waals surface area contributed by atoms with Crippen LogP contribution in [-0.4, -0.2) is 17.7 Å². The van der Waals surface area contributed by atoms with E-state index >= 15 is 0 Å². The standard InChI is InChI=1S/C10H10O3/c1-6-5-13-10(12)9-4-7(11)2-3-8(6)9/h2-4,6,11H,5H2,1H3/t6-/m1/s1. The lowest BCUT2D eigenvalue weighted by molar-refractivity contribution is 0.0448. The monoisotopic (exact) mass is 178 g/mol. The largest absolute Gasteiger partial charge is 0.508 e. The van der Waals surface area contributed by atoms with E-state index in [0.29, 0.717) is 12.2 Å². The topological polar surface area (TPSA) is 46.5 Å².